The minimum absolute atomic E-state index is 0.758. The fourth-order valence-corrected chi connectivity index (χ4v) is 3.43. The lowest BCUT2D eigenvalue weighted by Gasteiger charge is -2.12. The first-order valence-electron chi connectivity index (χ1n) is 8.09. The van der Waals surface area contributed by atoms with Gasteiger partial charge in [-0.15, -0.1) is 11.3 Å². The van der Waals surface area contributed by atoms with Crippen LogP contribution in [0.4, 0.5) is 5.82 Å². The third kappa shape index (κ3) is 3.49. The van der Waals surface area contributed by atoms with Crippen LogP contribution in [0.5, 0.6) is 0 Å². The molecule has 6 heteroatoms. The molecule has 0 radical (unpaired) electrons. The van der Waals surface area contributed by atoms with Crippen molar-refractivity contribution in [3.8, 4) is 11.1 Å². The highest BCUT2D eigenvalue weighted by atomic mass is 32.1. The Morgan fingerprint density at radius 2 is 1.96 bits per heavy atom. The first-order valence-corrected chi connectivity index (χ1v) is 8.97. The number of nitrogens with one attached hydrogen (secondary N) is 1. The van der Waals surface area contributed by atoms with Crippen LogP contribution in [0.1, 0.15) is 11.4 Å². The summed E-state index contributed by atoms with van der Waals surface area (Å²) in [6.45, 7) is 2.71. The van der Waals surface area contributed by atoms with Gasteiger partial charge in [-0.25, -0.2) is 15.0 Å². The smallest absolute Gasteiger partial charge is 0.137 e. The zero-order valence-corrected chi connectivity index (χ0v) is 14.6. The molecular weight excluding hydrogens is 330 g/mol. The van der Waals surface area contributed by atoms with Gasteiger partial charge in [-0.3, -0.25) is 4.98 Å². The number of hydrogen-bond acceptors (Lipinski definition) is 6. The Bertz CT molecular complexity index is 997. The fraction of sp³-hybridized carbons (Fsp3) is 0.158. The summed E-state index contributed by atoms with van der Waals surface area (Å²) >= 11 is 1.64. The summed E-state index contributed by atoms with van der Waals surface area (Å²) in [5.41, 5.74) is 6.25. The van der Waals surface area contributed by atoms with Crippen molar-refractivity contribution in [2.75, 3.05) is 11.9 Å². The summed E-state index contributed by atoms with van der Waals surface area (Å²) in [6, 6.07) is 10.3. The number of aromatic nitrogens is 4. The van der Waals surface area contributed by atoms with Crippen LogP contribution in [0.25, 0.3) is 21.3 Å². The second-order valence-corrected chi connectivity index (χ2v) is 6.63. The molecule has 0 aliphatic heterocycles. The van der Waals surface area contributed by atoms with Gasteiger partial charge in [0.25, 0.3) is 0 Å². The maximum Gasteiger partial charge on any atom is 0.137 e. The van der Waals surface area contributed by atoms with E-state index in [9.17, 15) is 0 Å². The number of pyridine rings is 1. The molecule has 3 aromatic heterocycles. The van der Waals surface area contributed by atoms with E-state index in [1.165, 1.54) is 10.3 Å². The Kier molecular flexibility index (Phi) is 4.35. The highest BCUT2D eigenvalue weighted by Gasteiger charge is 2.09. The fourth-order valence-electron chi connectivity index (χ4n) is 2.71. The maximum atomic E-state index is 4.60. The van der Waals surface area contributed by atoms with E-state index in [4.69, 9.17) is 0 Å². The number of fused-ring (bicyclic) bond motifs is 1. The van der Waals surface area contributed by atoms with Crippen molar-refractivity contribution in [1.82, 2.24) is 19.9 Å². The Morgan fingerprint density at radius 3 is 2.84 bits per heavy atom. The summed E-state index contributed by atoms with van der Waals surface area (Å²) in [7, 11) is 0. The Balaban J connectivity index is 1.59. The first-order chi connectivity index (χ1) is 12.3. The summed E-state index contributed by atoms with van der Waals surface area (Å²) in [6.07, 6.45) is 6.44. The zero-order valence-electron chi connectivity index (χ0n) is 13.8. The van der Waals surface area contributed by atoms with Gasteiger partial charge in [0.1, 0.15) is 11.6 Å². The van der Waals surface area contributed by atoms with E-state index in [-0.39, 0.29) is 0 Å². The van der Waals surface area contributed by atoms with Crippen molar-refractivity contribution in [2.45, 2.75) is 13.3 Å². The predicted octanol–water partition coefficient (Wildman–Crippen LogP) is 4.11. The van der Waals surface area contributed by atoms with Crippen molar-refractivity contribution in [2.24, 2.45) is 0 Å². The molecule has 25 heavy (non-hydrogen) atoms. The Labute approximate surface area is 149 Å². The standard InChI is InChI=1S/C19H17N5S/c1-13-22-11-16(15-2-3-17-18(10-15)25-12-23-17)19(24-13)21-9-6-14-4-7-20-8-5-14/h2-5,7-8,10-12H,6,9H2,1H3,(H,21,22,24). The molecule has 4 aromatic rings. The van der Waals surface area contributed by atoms with Crippen LogP contribution >= 0.6 is 11.3 Å². The predicted molar refractivity (Wildman–Crippen MR) is 102 cm³/mol. The normalized spacial score (nSPS) is 10.9. The summed E-state index contributed by atoms with van der Waals surface area (Å²) in [4.78, 5) is 17.4. The number of aryl methyl sites for hydroxylation is 1. The minimum atomic E-state index is 0.758. The monoisotopic (exact) mass is 347 g/mol. The van der Waals surface area contributed by atoms with E-state index in [1.807, 2.05) is 49.2 Å². The molecule has 1 N–H and O–H groups in total. The van der Waals surface area contributed by atoms with Gasteiger partial charge < -0.3 is 5.32 Å². The topological polar surface area (TPSA) is 63.6 Å². The number of hydrogen-bond donors (Lipinski definition) is 1. The number of thiazole rings is 1. The van der Waals surface area contributed by atoms with E-state index < -0.39 is 0 Å². The highest BCUT2D eigenvalue weighted by molar-refractivity contribution is 7.16. The molecule has 0 saturated carbocycles. The molecule has 0 fully saturated rings. The van der Waals surface area contributed by atoms with Crippen molar-refractivity contribution in [1.29, 1.82) is 0 Å². The molecule has 0 aliphatic carbocycles. The van der Waals surface area contributed by atoms with Gasteiger partial charge in [-0.2, -0.15) is 0 Å². The van der Waals surface area contributed by atoms with E-state index in [2.05, 4.69) is 37.4 Å². The number of nitrogens with zero attached hydrogens (tertiary/aromatic N) is 4. The third-order valence-corrected chi connectivity index (χ3v) is 4.80. The Morgan fingerprint density at radius 1 is 1.08 bits per heavy atom. The summed E-state index contributed by atoms with van der Waals surface area (Å²) in [5, 5.41) is 3.46. The van der Waals surface area contributed by atoms with Crippen molar-refractivity contribution < 1.29 is 0 Å². The van der Waals surface area contributed by atoms with Gasteiger partial charge in [0.15, 0.2) is 0 Å². The van der Waals surface area contributed by atoms with E-state index in [1.54, 1.807) is 11.3 Å². The number of rotatable bonds is 5. The third-order valence-electron chi connectivity index (χ3n) is 4.01. The molecule has 5 nitrogen and oxygen atoms in total. The van der Waals surface area contributed by atoms with E-state index in [0.29, 0.717) is 0 Å². The SMILES string of the molecule is Cc1ncc(-c2ccc3ncsc3c2)c(NCCc2ccncc2)n1. The molecular formula is C19H17N5S. The van der Waals surface area contributed by atoms with Crippen LogP contribution in [0.15, 0.2) is 54.4 Å². The summed E-state index contributed by atoms with van der Waals surface area (Å²) < 4.78 is 1.17. The van der Waals surface area contributed by atoms with Gasteiger partial charge in [-0.1, -0.05) is 6.07 Å². The molecule has 0 aliphatic rings. The average molecular weight is 347 g/mol. The van der Waals surface area contributed by atoms with E-state index >= 15 is 0 Å². The maximum absolute atomic E-state index is 4.60. The molecule has 4 rings (SSSR count). The van der Waals surface area contributed by atoms with Crippen molar-refractivity contribution in [3.05, 3.63) is 65.8 Å². The largest absolute Gasteiger partial charge is 0.369 e. The molecule has 0 spiro atoms. The van der Waals surface area contributed by atoms with Gasteiger partial charge in [-0.05, 0) is 48.7 Å². The minimum Gasteiger partial charge on any atom is -0.369 e. The van der Waals surface area contributed by atoms with Crippen LogP contribution in [0.2, 0.25) is 0 Å². The first kappa shape index (κ1) is 15.7. The molecule has 0 atom stereocenters. The molecule has 1 aromatic carbocycles. The van der Waals surface area contributed by atoms with Gasteiger partial charge >= 0.3 is 0 Å². The lowest BCUT2D eigenvalue weighted by molar-refractivity contribution is 0.979. The summed E-state index contributed by atoms with van der Waals surface area (Å²) in [5.74, 6) is 1.62. The molecule has 0 bridgehead atoms. The highest BCUT2D eigenvalue weighted by Crippen LogP contribution is 2.30. The molecule has 124 valence electrons. The van der Waals surface area contributed by atoms with E-state index in [0.717, 1.165) is 41.3 Å². The van der Waals surface area contributed by atoms with Crippen LogP contribution < -0.4 is 5.32 Å². The second kappa shape index (κ2) is 6.94. The molecule has 3 heterocycles. The number of anilines is 1. The van der Waals surface area contributed by atoms with Crippen molar-refractivity contribution >= 4 is 27.4 Å². The molecule has 0 saturated heterocycles. The van der Waals surface area contributed by atoms with Crippen LogP contribution in [-0.2, 0) is 6.42 Å². The van der Waals surface area contributed by atoms with Crippen LogP contribution in [0.3, 0.4) is 0 Å². The lowest BCUT2D eigenvalue weighted by atomic mass is 10.1. The quantitative estimate of drug-likeness (QED) is 0.588. The van der Waals surface area contributed by atoms with Gasteiger partial charge in [0, 0.05) is 30.7 Å². The lowest BCUT2D eigenvalue weighted by Crippen LogP contribution is -2.08. The van der Waals surface area contributed by atoms with Crippen LogP contribution in [0, 0.1) is 6.92 Å². The second-order valence-electron chi connectivity index (χ2n) is 5.75. The molecule has 0 amide bonds. The van der Waals surface area contributed by atoms with Crippen molar-refractivity contribution in [3.63, 3.8) is 0 Å². The van der Waals surface area contributed by atoms with Crippen LogP contribution in [-0.4, -0.2) is 26.5 Å². The molecule has 0 unspecified atom stereocenters. The zero-order chi connectivity index (χ0) is 17.1. The number of benzene rings is 1. The Hall–Kier alpha value is -2.86. The van der Waals surface area contributed by atoms with Gasteiger partial charge in [0.05, 0.1) is 15.7 Å². The average Bonchev–Trinajstić information content (AvgIpc) is 3.10. The van der Waals surface area contributed by atoms with Gasteiger partial charge in [0.2, 0.25) is 0 Å².